The van der Waals surface area contributed by atoms with E-state index in [-0.39, 0.29) is 17.9 Å². The Kier molecular flexibility index (Phi) is 3.25. The Bertz CT molecular complexity index is 577. The quantitative estimate of drug-likeness (QED) is 0.328. The van der Waals surface area contributed by atoms with E-state index < -0.39 is 29.4 Å². The molecule has 10 heteroatoms. The number of nitrogens with one attached hydrogen (secondary N) is 1. The van der Waals surface area contributed by atoms with Crippen LogP contribution in [0.4, 0.5) is 10.7 Å². The maximum atomic E-state index is 11.2. The van der Waals surface area contributed by atoms with Gasteiger partial charge >= 0.3 is 11.9 Å². The molecular formula is C9H8N4O6. The minimum absolute atomic E-state index is 0.0543. The molecule has 0 saturated carbocycles. The number of aliphatic hydroxyl groups excluding tert-OH is 1. The summed E-state index contributed by atoms with van der Waals surface area (Å²) in [6.45, 7) is -0.726. The summed E-state index contributed by atoms with van der Waals surface area (Å²) >= 11 is 0. The fourth-order valence-corrected chi connectivity index (χ4v) is 1.40. The highest BCUT2D eigenvalue weighted by Crippen LogP contribution is 2.20. The molecule has 2 heterocycles. The maximum Gasteiger partial charge on any atom is 0.433 e. The molecule has 1 aliphatic rings. The zero-order valence-electron chi connectivity index (χ0n) is 9.40. The summed E-state index contributed by atoms with van der Waals surface area (Å²) in [7, 11) is 0. The first-order chi connectivity index (χ1) is 9.01. The summed E-state index contributed by atoms with van der Waals surface area (Å²) in [5, 5.41) is 26.0. The molecule has 0 radical (unpaired) electrons. The number of carbonyl (C=O) groups is 2. The lowest BCUT2D eigenvalue weighted by molar-refractivity contribution is -0.402. The van der Waals surface area contributed by atoms with Gasteiger partial charge in [-0.3, -0.25) is 20.2 Å². The van der Waals surface area contributed by atoms with Crippen molar-refractivity contribution in [1.29, 1.82) is 0 Å². The second kappa shape index (κ2) is 4.86. The lowest BCUT2D eigenvalue weighted by Crippen LogP contribution is -2.24. The summed E-state index contributed by atoms with van der Waals surface area (Å²) in [5.74, 6) is -1.11. The van der Waals surface area contributed by atoms with Crippen molar-refractivity contribution in [2.75, 3.05) is 6.54 Å². The number of nitro groups is 1. The van der Waals surface area contributed by atoms with E-state index in [9.17, 15) is 19.7 Å². The van der Waals surface area contributed by atoms with Gasteiger partial charge in [0.15, 0.2) is 5.76 Å². The molecule has 100 valence electrons. The van der Waals surface area contributed by atoms with Gasteiger partial charge in [-0.15, -0.1) is 0 Å². The van der Waals surface area contributed by atoms with E-state index in [0.29, 0.717) is 0 Å². The van der Waals surface area contributed by atoms with Crippen molar-refractivity contribution in [2.24, 2.45) is 5.10 Å². The zero-order valence-corrected chi connectivity index (χ0v) is 9.40. The topological polar surface area (TPSA) is 138 Å². The van der Waals surface area contributed by atoms with Gasteiger partial charge in [0.05, 0.1) is 18.9 Å². The van der Waals surface area contributed by atoms with E-state index in [2.05, 4.69) is 5.10 Å². The van der Waals surface area contributed by atoms with Crippen LogP contribution in [-0.4, -0.2) is 39.7 Å². The number of urea groups is 1. The largest absolute Gasteiger partial charge is 0.433 e. The molecule has 0 bridgehead atoms. The lowest BCUT2D eigenvalue weighted by Gasteiger charge is -2.03. The third-order valence-corrected chi connectivity index (χ3v) is 2.27. The van der Waals surface area contributed by atoms with Gasteiger partial charge in [0.2, 0.25) is 5.91 Å². The number of nitrogens with zero attached hydrogens (tertiary/aromatic N) is 3. The number of hydrogen-bond acceptors (Lipinski definition) is 7. The molecule has 1 aliphatic heterocycles. The Morgan fingerprint density at radius 3 is 2.89 bits per heavy atom. The molecule has 2 rings (SSSR count). The van der Waals surface area contributed by atoms with E-state index in [1.54, 1.807) is 0 Å². The SMILES string of the molecule is O=C1CN(/N=C/c2oc([N+](=O)[O-])cc2CO)C(=O)N1. The molecule has 1 aromatic heterocycles. The van der Waals surface area contributed by atoms with Crippen molar-refractivity contribution < 1.29 is 24.0 Å². The average Bonchev–Trinajstić information content (AvgIpc) is 2.90. The van der Waals surface area contributed by atoms with Crippen LogP contribution in [0.1, 0.15) is 11.3 Å². The van der Waals surface area contributed by atoms with Crippen LogP contribution >= 0.6 is 0 Å². The molecule has 0 spiro atoms. The van der Waals surface area contributed by atoms with E-state index >= 15 is 0 Å². The predicted molar refractivity (Wildman–Crippen MR) is 59.1 cm³/mol. The molecule has 2 N–H and O–H groups in total. The van der Waals surface area contributed by atoms with E-state index in [1.165, 1.54) is 0 Å². The number of amides is 3. The van der Waals surface area contributed by atoms with Crippen LogP contribution in [0.5, 0.6) is 0 Å². The Labute approximate surface area is 105 Å². The second-order valence-electron chi connectivity index (χ2n) is 3.54. The van der Waals surface area contributed by atoms with Crippen molar-refractivity contribution in [1.82, 2.24) is 10.3 Å². The van der Waals surface area contributed by atoms with E-state index in [1.807, 2.05) is 5.32 Å². The number of imide groups is 1. The van der Waals surface area contributed by atoms with Gasteiger partial charge < -0.3 is 9.52 Å². The van der Waals surface area contributed by atoms with Gasteiger partial charge in [-0.1, -0.05) is 0 Å². The maximum absolute atomic E-state index is 11.2. The van der Waals surface area contributed by atoms with Gasteiger partial charge in [0, 0.05) is 5.56 Å². The molecule has 1 fully saturated rings. The number of hydrogen-bond donors (Lipinski definition) is 2. The highest BCUT2D eigenvalue weighted by molar-refractivity contribution is 6.02. The normalized spacial score (nSPS) is 15.3. The third kappa shape index (κ3) is 2.57. The van der Waals surface area contributed by atoms with Crippen molar-refractivity contribution in [3.63, 3.8) is 0 Å². The molecule has 1 saturated heterocycles. The predicted octanol–water partition coefficient (Wildman–Crippen LogP) is -0.434. The Hall–Kier alpha value is -2.75. The summed E-state index contributed by atoms with van der Waals surface area (Å²) in [6.07, 6.45) is 1.02. The molecule has 0 unspecified atom stereocenters. The van der Waals surface area contributed by atoms with E-state index in [0.717, 1.165) is 17.3 Å². The van der Waals surface area contributed by atoms with Crippen LogP contribution in [0.2, 0.25) is 0 Å². The summed E-state index contributed by atoms with van der Waals surface area (Å²) < 4.78 is 4.84. The van der Waals surface area contributed by atoms with Gasteiger partial charge in [-0.2, -0.15) is 5.10 Å². The monoisotopic (exact) mass is 268 g/mol. The highest BCUT2D eigenvalue weighted by Gasteiger charge is 2.26. The number of aliphatic hydroxyl groups is 1. The highest BCUT2D eigenvalue weighted by atomic mass is 16.6. The molecule has 1 aromatic rings. The second-order valence-corrected chi connectivity index (χ2v) is 3.54. The zero-order chi connectivity index (χ0) is 14.0. The molecule has 0 aliphatic carbocycles. The average molecular weight is 268 g/mol. The summed E-state index contributed by atoms with van der Waals surface area (Å²) in [5.41, 5.74) is 0.154. The first-order valence-corrected chi connectivity index (χ1v) is 5.04. The number of furan rings is 1. The first-order valence-electron chi connectivity index (χ1n) is 5.04. The molecule has 10 nitrogen and oxygen atoms in total. The number of rotatable bonds is 4. The Balaban J connectivity index is 2.20. The number of hydrazone groups is 1. The first kappa shape index (κ1) is 12.7. The molecule has 3 amide bonds. The van der Waals surface area contributed by atoms with Gasteiger partial charge in [-0.05, 0) is 0 Å². The van der Waals surface area contributed by atoms with Crippen molar-refractivity contribution in [3.05, 3.63) is 27.5 Å². The number of carbonyl (C=O) groups excluding carboxylic acids is 2. The van der Waals surface area contributed by atoms with Crippen LogP contribution in [0.3, 0.4) is 0 Å². The minimum atomic E-state index is -0.761. The standard InChI is InChI=1S/C9H8N4O6/c14-4-5-1-8(13(17)18)19-6(5)2-10-12-3-7(15)11-9(12)16/h1-2,14H,3-4H2,(H,11,15,16)/b10-2+. The fraction of sp³-hybridized carbons (Fsp3) is 0.222. The van der Waals surface area contributed by atoms with Crippen LogP contribution in [0, 0.1) is 10.1 Å². The van der Waals surface area contributed by atoms with E-state index in [4.69, 9.17) is 9.52 Å². The van der Waals surface area contributed by atoms with Gasteiger partial charge in [0.25, 0.3) is 0 Å². The Morgan fingerprint density at radius 1 is 1.63 bits per heavy atom. The summed E-state index contributed by atoms with van der Waals surface area (Å²) in [6, 6.07) is 0.351. The van der Waals surface area contributed by atoms with Crippen LogP contribution in [-0.2, 0) is 11.4 Å². The molecular weight excluding hydrogens is 260 g/mol. The third-order valence-electron chi connectivity index (χ3n) is 2.27. The van der Waals surface area contributed by atoms with Crippen LogP contribution < -0.4 is 5.32 Å². The van der Waals surface area contributed by atoms with Gasteiger partial charge in [-0.25, -0.2) is 9.80 Å². The smallest absolute Gasteiger partial charge is 0.399 e. The minimum Gasteiger partial charge on any atom is -0.399 e. The van der Waals surface area contributed by atoms with Crippen molar-refractivity contribution >= 4 is 24.0 Å². The summed E-state index contributed by atoms with van der Waals surface area (Å²) in [4.78, 5) is 31.8. The van der Waals surface area contributed by atoms with Crippen molar-refractivity contribution in [3.8, 4) is 0 Å². The fourth-order valence-electron chi connectivity index (χ4n) is 1.40. The molecule has 19 heavy (non-hydrogen) atoms. The van der Waals surface area contributed by atoms with Crippen LogP contribution in [0.25, 0.3) is 0 Å². The molecule has 0 atom stereocenters. The van der Waals surface area contributed by atoms with Crippen molar-refractivity contribution in [2.45, 2.75) is 6.61 Å². The Morgan fingerprint density at radius 2 is 2.37 bits per heavy atom. The van der Waals surface area contributed by atoms with Gasteiger partial charge in [0.1, 0.15) is 11.5 Å². The van der Waals surface area contributed by atoms with Crippen LogP contribution in [0.15, 0.2) is 15.6 Å². The molecule has 0 aromatic carbocycles. The lowest BCUT2D eigenvalue weighted by atomic mass is 10.3.